The average molecular weight is 607 g/mol. The second kappa shape index (κ2) is 12.0. The van der Waals surface area contributed by atoms with Crippen LogP contribution in [-0.4, -0.2) is 82.3 Å². The summed E-state index contributed by atoms with van der Waals surface area (Å²) in [5.74, 6) is -2.76. The van der Waals surface area contributed by atoms with Gasteiger partial charge in [0.1, 0.15) is 5.82 Å². The summed E-state index contributed by atoms with van der Waals surface area (Å²) < 4.78 is 55.2. The van der Waals surface area contributed by atoms with Crippen molar-refractivity contribution in [3.05, 3.63) is 58.3 Å². The molecule has 2 saturated heterocycles. The Balaban J connectivity index is 1.48. The zero-order chi connectivity index (χ0) is 31.0. The standard InChI is InChI=1S/C31H38F4N4O4/c1-21(17-31(33,34)35)27(41)38-13-10-30(43,29(19-38)8-4-5-9-29)20-39-18-24(28(42)37-14-11-36-12-15-37)23(16-26(39)40)22-6-2-3-7-25(22)32/h2-3,6-7,16,18,21,36,43H,4-5,8-15,17,19-20H2,1H3/t21-,30+/m1/s1. The summed E-state index contributed by atoms with van der Waals surface area (Å²) in [4.78, 5) is 43.4. The van der Waals surface area contributed by atoms with Crippen molar-refractivity contribution in [2.75, 3.05) is 39.3 Å². The Bertz CT molecular complexity index is 1420. The van der Waals surface area contributed by atoms with E-state index in [0.717, 1.165) is 12.8 Å². The summed E-state index contributed by atoms with van der Waals surface area (Å²) in [7, 11) is 0. The molecular weight excluding hydrogens is 568 g/mol. The summed E-state index contributed by atoms with van der Waals surface area (Å²) in [5.41, 5.74) is -2.35. The first kappa shape index (κ1) is 31.2. The predicted octanol–water partition coefficient (Wildman–Crippen LogP) is 3.81. The summed E-state index contributed by atoms with van der Waals surface area (Å²) in [6, 6.07) is 7.15. The van der Waals surface area contributed by atoms with Gasteiger partial charge in [-0.1, -0.05) is 38.0 Å². The number of halogens is 4. The number of aliphatic hydroxyl groups is 1. The van der Waals surface area contributed by atoms with E-state index in [1.807, 2.05) is 0 Å². The fourth-order valence-electron chi connectivity index (χ4n) is 7.12. The van der Waals surface area contributed by atoms with Crippen LogP contribution in [0.25, 0.3) is 11.1 Å². The first-order valence-corrected chi connectivity index (χ1v) is 14.9. The smallest absolute Gasteiger partial charge is 0.387 e. The minimum Gasteiger partial charge on any atom is -0.387 e. The van der Waals surface area contributed by atoms with Gasteiger partial charge in [-0.3, -0.25) is 14.4 Å². The normalized spacial score (nSPS) is 23.0. The Morgan fingerprint density at radius 1 is 1.02 bits per heavy atom. The maximum Gasteiger partial charge on any atom is 0.389 e. The summed E-state index contributed by atoms with van der Waals surface area (Å²) in [6.07, 6.45) is -1.56. The van der Waals surface area contributed by atoms with Gasteiger partial charge in [-0.2, -0.15) is 13.2 Å². The lowest BCUT2D eigenvalue weighted by molar-refractivity contribution is -0.172. The molecule has 3 heterocycles. The van der Waals surface area contributed by atoms with Gasteiger partial charge >= 0.3 is 6.18 Å². The Hall–Kier alpha value is -3.25. The molecule has 12 heteroatoms. The fourth-order valence-corrected chi connectivity index (χ4v) is 7.12. The van der Waals surface area contributed by atoms with Crippen molar-refractivity contribution in [1.29, 1.82) is 0 Å². The van der Waals surface area contributed by atoms with Crippen LogP contribution in [-0.2, 0) is 11.3 Å². The Labute approximate surface area is 247 Å². The van der Waals surface area contributed by atoms with Crippen LogP contribution in [0.15, 0.2) is 41.3 Å². The molecule has 8 nitrogen and oxygen atoms in total. The Kier molecular flexibility index (Phi) is 8.72. The second-order valence-electron chi connectivity index (χ2n) is 12.3. The van der Waals surface area contributed by atoms with Crippen molar-refractivity contribution in [1.82, 2.24) is 19.7 Å². The number of likely N-dealkylation sites (tertiary alicyclic amines) is 1. The quantitative estimate of drug-likeness (QED) is 0.488. The van der Waals surface area contributed by atoms with E-state index in [-0.39, 0.29) is 48.7 Å². The van der Waals surface area contributed by atoms with Crippen molar-refractivity contribution in [3.8, 4) is 11.1 Å². The molecule has 2 amide bonds. The largest absolute Gasteiger partial charge is 0.389 e. The molecule has 2 aromatic rings. The van der Waals surface area contributed by atoms with E-state index in [0.29, 0.717) is 39.0 Å². The van der Waals surface area contributed by atoms with Crippen molar-refractivity contribution >= 4 is 11.8 Å². The van der Waals surface area contributed by atoms with Crippen LogP contribution in [0.4, 0.5) is 17.6 Å². The third-order valence-corrected chi connectivity index (χ3v) is 9.46. The van der Waals surface area contributed by atoms with Crippen molar-refractivity contribution in [3.63, 3.8) is 0 Å². The summed E-state index contributed by atoms with van der Waals surface area (Å²) in [6.45, 7) is 3.33. The van der Waals surface area contributed by atoms with Gasteiger partial charge in [-0.25, -0.2) is 4.39 Å². The number of carbonyl (C=O) groups is 2. The lowest BCUT2D eigenvalue weighted by Crippen LogP contribution is -2.62. The highest BCUT2D eigenvalue weighted by molar-refractivity contribution is 6.00. The molecule has 0 radical (unpaired) electrons. The highest BCUT2D eigenvalue weighted by Gasteiger charge is 2.56. The van der Waals surface area contributed by atoms with Crippen LogP contribution in [0.1, 0.15) is 55.8 Å². The number of aromatic nitrogens is 1. The lowest BCUT2D eigenvalue weighted by atomic mass is 9.65. The third kappa shape index (κ3) is 6.35. The van der Waals surface area contributed by atoms with Crippen LogP contribution in [0.5, 0.6) is 0 Å². The number of hydrogen-bond acceptors (Lipinski definition) is 5. The number of rotatable bonds is 6. The number of carbonyl (C=O) groups excluding carboxylic acids is 2. The minimum absolute atomic E-state index is 0.0495. The highest BCUT2D eigenvalue weighted by atomic mass is 19.4. The molecular formula is C31H38F4N4O4. The average Bonchev–Trinajstić information content (AvgIpc) is 3.44. The maximum atomic E-state index is 14.9. The number of pyridine rings is 1. The molecule has 43 heavy (non-hydrogen) atoms. The van der Waals surface area contributed by atoms with Gasteiger partial charge in [-0.15, -0.1) is 0 Å². The first-order valence-electron chi connectivity index (χ1n) is 14.9. The van der Waals surface area contributed by atoms with Crippen LogP contribution >= 0.6 is 0 Å². The fraction of sp³-hybridized carbons (Fsp3) is 0.581. The Morgan fingerprint density at radius 3 is 2.35 bits per heavy atom. The van der Waals surface area contributed by atoms with Gasteiger partial charge in [0.2, 0.25) is 5.91 Å². The number of amides is 2. The predicted molar refractivity (Wildman–Crippen MR) is 152 cm³/mol. The topological polar surface area (TPSA) is 94.9 Å². The summed E-state index contributed by atoms with van der Waals surface area (Å²) in [5, 5.41) is 15.4. The van der Waals surface area contributed by atoms with Crippen LogP contribution in [0.3, 0.4) is 0 Å². The molecule has 0 unspecified atom stereocenters. The van der Waals surface area contributed by atoms with Crippen molar-refractivity contribution in [2.45, 2.75) is 63.8 Å². The summed E-state index contributed by atoms with van der Waals surface area (Å²) >= 11 is 0. The van der Waals surface area contributed by atoms with E-state index in [9.17, 15) is 37.1 Å². The van der Waals surface area contributed by atoms with Crippen LogP contribution in [0, 0.1) is 17.2 Å². The molecule has 3 aliphatic rings. The first-order chi connectivity index (χ1) is 20.3. The molecule has 0 bridgehead atoms. The van der Waals surface area contributed by atoms with Gasteiger partial charge in [0.05, 0.1) is 24.1 Å². The number of alkyl halides is 3. The lowest BCUT2D eigenvalue weighted by Gasteiger charge is -2.52. The number of nitrogens with zero attached hydrogens (tertiary/aromatic N) is 3. The third-order valence-electron chi connectivity index (χ3n) is 9.46. The number of nitrogens with one attached hydrogen (secondary N) is 1. The van der Waals surface area contributed by atoms with Crippen molar-refractivity contribution in [2.24, 2.45) is 11.3 Å². The van der Waals surface area contributed by atoms with E-state index in [1.54, 1.807) is 11.0 Å². The van der Waals surface area contributed by atoms with Gasteiger partial charge in [0.25, 0.3) is 11.5 Å². The number of piperazine rings is 1. The molecule has 1 aromatic heterocycles. The van der Waals surface area contributed by atoms with Crippen LogP contribution in [0.2, 0.25) is 0 Å². The number of hydrogen-bond donors (Lipinski definition) is 2. The molecule has 1 aromatic carbocycles. The van der Waals surface area contributed by atoms with Crippen LogP contribution < -0.4 is 10.9 Å². The Morgan fingerprint density at radius 2 is 1.70 bits per heavy atom. The molecule has 2 N–H and O–H groups in total. The van der Waals surface area contributed by atoms with E-state index >= 15 is 0 Å². The van der Waals surface area contributed by atoms with Gasteiger partial charge in [0.15, 0.2) is 0 Å². The van der Waals surface area contributed by atoms with Gasteiger partial charge in [-0.05, 0) is 25.3 Å². The molecule has 2 atom stereocenters. The van der Waals surface area contributed by atoms with E-state index in [1.165, 1.54) is 46.9 Å². The molecule has 1 aliphatic carbocycles. The van der Waals surface area contributed by atoms with E-state index in [4.69, 9.17) is 0 Å². The van der Waals surface area contributed by atoms with Gasteiger partial charge < -0.3 is 24.8 Å². The zero-order valence-corrected chi connectivity index (χ0v) is 24.3. The monoisotopic (exact) mass is 606 g/mol. The van der Waals surface area contributed by atoms with E-state index in [2.05, 4.69) is 5.32 Å². The van der Waals surface area contributed by atoms with Crippen molar-refractivity contribution < 1.29 is 32.3 Å². The molecule has 1 spiro atoms. The zero-order valence-electron chi connectivity index (χ0n) is 24.3. The molecule has 1 saturated carbocycles. The molecule has 3 fully saturated rings. The molecule has 5 rings (SSSR count). The van der Waals surface area contributed by atoms with Gasteiger partial charge in [0, 0.05) is 74.0 Å². The highest BCUT2D eigenvalue weighted by Crippen LogP contribution is 2.52. The number of piperidine rings is 1. The molecule has 2 aliphatic heterocycles. The van der Waals surface area contributed by atoms with E-state index < -0.39 is 46.8 Å². The second-order valence-corrected chi connectivity index (χ2v) is 12.3. The number of benzene rings is 1. The SMILES string of the molecule is C[C@H](CC(F)(F)F)C(=O)N1CC[C@](O)(Cn2cc(C(=O)N3CCNCC3)c(-c3ccccc3F)cc2=O)C2(CCCC2)C1. The minimum atomic E-state index is -4.47. The molecule has 234 valence electrons. The maximum absolute atomic E-state index is 14.9.